The van der Waals surface area contributed by atoms with Gasteiger partial charge in [-0.25, -0.2) is 4.79 Å². The first kappa shape index (κ1) is 17.0. The molecule has 0 unspecified atom stereocenters. The number of hydrogen-bond acceptors (Lipinski definition) is 3. The minimum atomic E-state index is -1.14. The summed E-state index contributed by atoms with van der Waals surface area (Å²) in [7, 11) is 0. The second-order valence-corrected chi connectivity index (χ2v) is 5.80. The van der Waals surface area contributed by atoms with Crippen LogP contribution in [0.4, 0.5) is 0 Å². The normalized spacial score (nSPS) is 16.3. The first-order valence-corrected chi connectivity index (χ1v) is 7.92. The summed E-state index contributed by atoms with van der Waals surface area (Å²) in [6, 6.07) is 7.36. The van der Waals surface area contributed by atoms with E-state index in [1.807, 2.05) is 0 Å². The second kappa shape index (κ2) is 8.31. The van der Waals surface area contributed by atoms with E-state index in [1.54, 1.807) is 30.3 Å². The van der Waals surface area contributed by atoms with Gasteiger partial charge < -0.3 is 15.7 Å². The van der Waals surface area contributed by atoms with Crippen molar-refractivity contribution in [3.63, 3.8) is 0 Å². The topological polar surface area (TPSA) is 95.5 Å². The fraction of sp³-hybridized carbons (Fsp3) is 0.471. The van der Waals surface area contributed by atoms with Gasteiger partial charge in [-0.3, -0.25) is 9.59 Å². The molecule has 1 aromatic rings. The molecule has 0 saturated heterocycles. The number of benzene rings is 1. The molecule has 23 heavy (non-hydrogen) atoms. The van der Waals surface area contributed by atoms with Gasteiger partial charge in [0.15, 0.2) is 6.04 Å². The van der Waals surface area contributed by atoms with Gasteiger partial charge >= 0.3 is 5.97 Å². The summed E-state index contributed by atoms with van der Waals surface area (Å²) < 4.78 is 0. The highest BCUT2D eigenvalue weighted by molar-refractivity contribution is 5.89. The van der Waals surface area contributed by atoms with Crippen LogP contribution >= 0.6 is 0 Å². The van der Waals surface area contributed by atoms with Gasteiger partial charge in [0.25, 0.3) is 0 Å². The Kier molecular flexibility index (Phi) is 6.14. The SMILES string of the molecule is O=C(CNC(=O)C1CCCCC1)N[C@H](C(=O)O)c1ccccc1. The molecular formula is C17H22N2O4. The molecule has 0 heterocycles. The molecule has 2 amide bonds. The number of carbonyl (C=O) groups excluding carboxylic acids is 2. The number of carboxylic acids is 1. The summed E-state index contributed by atoms with van der Waals surface area (Å²) in [6.07, 6.45) is 4.95. The number of amides is 2. The first-order chi connectivity index (χ1) is 11.1. The molecule has 6 heteroatoms. The van der Waals surface area contributed by atoms with E-state index >= 15 is 0 Å². The zero-order valence-electron chi connectivity index (χ0n) is 13.0. The van der Waals surface area contributed by atoms with Crippen molar-refractivity contribution < 1.29 is 19.5 Å². The van der Waals surface area contributed by atoms with Crippen molar-refractivity contribution >= 4 is 17.8 Å². The summed E-state index contributed by atoms with van der Waals surface area (Å²) in [5, 5.41) is 14.3. The molecule has 0 aromatic heterocycles. The molecular weight excluding hydrogens is 296 g/mol. The maximum Gasteiger partial charge on any atom is 0.330 e. The standard InChI is InChI=1S/C17H22N2O4/c20-14(11-18-16(21)13-9-5-2-6-10-13)19-15(17(22)23)12-7-3-1-4-8-12/h1,3-4,7-8,13,15H,2,5-6,9-11H2,(H,18,21)(H,19,20)(H,22,23)/t15-/m0/s1. The number of aliphatic carboxylic acids is 1. The van der Waals surface area contributed by atoms with Crippen LogP contribution in [0, 0.1) is 5.92 Å². The third-order valence-electron chi connectivity index (χ3n) is 4.08. The van der Waals surface area contributed by atoms with Crippen LogP contribution in [-0.4, -0.2) is 29.4 Å². The minimum Gasteiger partial charge on any atom is -0.479 e. The Hall–Kier alpha value is -2.37. The van der Waals surface area contributed by atoms with Gasteiger partial charge in [-0.15, -0.1) is 0 Å². The van der Waals surface area contributed by atoms with E-state index in [-0.39, 0.29) is 18.4 Å². The van der Waals surface area contributed by atoms with Crippen molar-refractivity contribution in [3.05, 3.63) is 35.9 Å². The molecule has 1 saturated carbocycles. The maximum absolute atomic E-state index is 12.0. The van der Waals surface area contributed by atoms with Gasteiger partial charge in [0, 0.05) is 5.92 Å². The highest BCUT2D eigenvalue weighted by atomic mass is 16.4. The molecule has 0 radical (unpaired) electrons. The summed E-state index contributed by atoms with van der Waals surface area (Å²) in [6.45, 7) is -0.202. The average molecular weight is 318 g/mol. The molecule has 1 fully saturated rings. The van der Waals surface area contributed by atoms with Crippen LogP contribution in [0.15, 0.2) is 30.3 Å². The quantitative estimate of drug-likeness (QED) is 0.743. The molecule has 6 nitrogen and oxygen atoms in total. The van der Waals surface area contributed by atoms with E-state index in [4.69, 9.17) is 0 Å². The van der Waals surface area contributed by atoms with Crippen LogP contribution in [0.3, 0.4) is 0 Å². The molecule has 2 rings (SSSR count). The average Bonchev–Trinajstić information content (AvgIpc) is 2.58. The maximum atomic E-state index is 12.0. The van der Waals surface area contributed by atoms with E-state index in [9.17, 15) is 19.5 Å². The van der Waals surface area contributed by atoms with Crippen molar-refractivity contribution in [1.29, 1.82) is 0 Å². The molecule has 1 atom stereocenters. The predicted molar refractivity (Wildman–Crippen MR) is 84.5 cm³/mol. The van der Waals surface area contributed by atoms with Crippen molar-refractivity contribution in [3.8, 4) is 0 Å². The monoisotopic (exact) mass is 318 g/mol. The Labute approximate surface area is 135 Å². The van der Waals surface area contributed by atoms with Gasteiger partial charge in [-0.1, -0.05) is 49.6 Å². The Morgan fingerprint density at radius 3 is 2.35 bits per heavy atom. The summed E-state index contributed by atoms with van der Waals surface area (Å²) >= 11 is 0. The van der Waals surface area contributed by atoms with Crippen molar-refractivity contribution in [2.45, 2.75) is 38.1 Å². The first-order valence-electron chi connectivity index (χ1n) is 7.92. The number of nitrogens with one attached hydrogen (secondary N) is 2. The van der Waals surface area contributed by atoms with Gasteiger partial charge in [-0.05, 0) is 18.4 Å². The van der Waals surface area contributed by atoms with E-state index in [0.29, 0.717) is 5.56 Å². The summed E-state index contributed by atoms with van der Waals surface area (Å²) in [5.41, 5.74) is 0.493. The number of hydrogen-bond donors (Lipinski definition) is 3. The Bertz CT molecular complexity index is 553. The smallest absolute Gasteiger partial charge is 0.330 e. The predicted octanol–water partition coefficient (Wildman–Crippen LogP) is 1.62. The zero-order valence-corrected chi connectivity index (χ0v) is 13.0. The molecule has 0 spiro atoms. The minimum absolute atomic E-state index is 0.0269. The van der Waals surface area contributed by atoms with Crippen LogP contribution in [0.1, 0.15) is 43.7 Å². The summed E-state index contributed by atoms with van der Waals surface area (Å²) in [4.78, 5) is 35.2. The van der Waals surface area contributed by atoms with Crippen LogP contribution in [-0.2, 0) is 14.4 Å². The lowest BCUT2D eigenvalue weighted by atomic mass is 9.89. The molecule has 1 aliphatic carbocycles. The van der Waals surface area contributed by atoms with Crippen LogP contribution in [0.25, 0.3) is 0 Å². The highest BCUT2D eigenvalue weighted by Crippen LogP contribution is 2.23. The Morgan fingerprint density at radius 2 is 1.74 bits per heavy atom. The molecule has 3 N–H and O–H groups in total. The molecule has 0 bridgehead atoms. The van der Waals surface area contributed by atoms with Gasteiger partial charge in [0.2, 0.25) is 11.8 Å². The van der Waals surface area contributed by atoms with Crippen LogP contribution in [0.2, 0.25) is 0 Å². The lowest BCUT2D eigenvalue weighted by molar-refractivity contribution is -0.142. The Morgan fingerprint density at radius 1 is 1.09 bits per heavy atom. The third kappa shape index (κ3) is 5.09. The van der Waals surface area contributed by atoms with Crippen LogP contribution < -0.4 is 10.6 Å². The van der Waals surface area contributed by atoms with E-state index < -0.39 is 17.9 Å². The van der Waals surface area contributed by atoms with Crippen molar-refractivity contribution in [2.24, 2.45) is 5.92 Å². The van der Waals surface area contributed by atoms with E-state index in [0.717, 1.165) is 32.1 Å². The van der Waals surface area contributed by atoms with Gasteiger partial charge in [0.1, 0.15) is 0 Å². The molecule has 1 aliphatic rings. The molecule has 0 aliphatic heterocycles. The largest absolute Gasteiger partial charge is 0.479 e. The summed E-state index contributed by atoms with van der Waals surface area (Å²) in [5.74, 6) is -1.79. The second-order valence-electron chi connectivity index (χ2n) is 5.80. The Balaban J connectivity index is 1.85. The fourth-order valence-electron chi connectivity index (χ4n) is 2.82. The highest BCUT2D eigenvalue weighted by Gasteiger charge is 2.24. The van der Waals surface area contributed by atoms with Crippen molar-refractivity contribution in [1.82, 2.24) is 10.6 Å². The van der Waals surface area contributed by atoms with E-state index in [1.165, 1.54) is 0 Å². The van der Waals surface area contributed by atoms with Gasteiger partial charge in [0.05, 0.1) is 6.54 Å². The molecule has 1 aromatic carbocycles. The number of carboxylic acid groups (broad SMARTS) is 1. The van der Waals surface area contributed by atoms with Gasteiger partial charge in [-0.2, -0.15) is 0 Å². The lowest BCUT2D eigenvalue weighted by Crippen LogP contribution is -2.42. The fourth-order valence-corrected chi connectivity index (χ4v) is 2.82. The zero-order chi connectivity index (χ0) is 16.7. The lowest BCUT2D eigenvalue weighted by Gasteiger charge is -2.21. The molecule has 124 valence electrons. The number of rotatable bonds is 6. The van der Waals surface area contributed by atoms with E-state index in [2.05, 4.69) is 10.6 Å². The third-order valence-corrected chi connectivity index (χ3v) is 4.08. The van der Waals surface area contributed by atoms with Crippen molar-refractivity contribution in [2.75, 3.05) is 6.54 Å². The number of carbonyl (C=O) groups is 3. The van der Waals surface area contributed by atoms with Crippen LogP contribution in [0.5, 0.6) is 0 Å².